The number of halogens is 3. The maximum atomic E-state index is 12.0. The fraction of sp³-hybridized carbons (Fsp3) is 0.182. The van der Waals surface area contributed by atoms with Crippen molar-refractivity contribution in [3.63, 3.8) is 0 Å². The Kier molecular flexibility index (Phi) is 2.79. The third-order valence-electron chi connectivity index (χ3n) is 2.12. The molecule has 6 heteroatoms. The van der Waals surface area contributed by atoms with E-state index in [0.717, 1.165) is 0 Å². The van der Waals surface area contributed by atoms with Gasteiger partial charge in [0.2, 0.25) is 6.61 Å². The third kappa shape index (κ3) is 2.58. The van der Waals surface area contributed by atoms with Gasteiger partial charge in [0, 0.05) is 11.5 Å². The van der Waals surface area contributed by atoms with Crippen LogP contribution in [-0.4, -0.2) is 17.5 Å². The van der Waals surface area contributed by atoms with Crippen LogP contribution >= 0.6 is 0 Å². The fourth-order valence-corrected chi connectivity index (χ4v) is 1.43. The van der Waals surface area contributed by atoms with Crippen LogP contribution in [0.3, 0.4) is 0 Å². The van der Waals surface area contributed by atoms with E-state index < -0.39 is 18.3 Å². The number of hydrogen-bond donors (Lipinski definition) is 0. The summed E-state index contributed by atoms with van der Waals surface area (Å²) in [7, 11) is 0. The van der Waals surface area contributed by atoms with Crippen molar-refractivity contribution in [1.82, 2.24) is 4.73 Å². The monoisotopic (exact) mass is 243 g/mol. The molecular weight excluding hydrogens is 235 g/mol. The van der Waals surface area contributed by atoms with Crippen LogP contribution in [0, 0.1) is 0 Å². The van der Waals surface area contributed by atoms with E-state index in [9.17, 15) is 18.0 Å². The summed E-state index contributed by atoms with van der Waals surface area (Å²) < 4.78 is 36.8. The number of nitrogens with zero attached hydrogens (tertiary/aromatic N) is 1. The zero-order valence-electron chi connectivity index (χ0n) is 8.57. The Morgan fingerprint density at radius 2 is 1.82 bits per heavy atom. The first kappa shape index (κ1) is 11.5. The van der Waals surface area contributed by atoms with E-state index in [-0.39, 0.29) is 0 Å². The molecule has 0 aliphatic carbocycles. The molecule has 0 unspecified atom stereocenters. The first-order chi connectivity index (χ1) is 7.97. The van der Waals surface area contributed by atoms with Gasteiger partial charge in [-0.1, -0.05) is 18.2 Å². The summed E-state index contributed by atoms with van der Waals surface area (Å²) in [4.78, 5) is 15.9. The fourth-order valence-electron chi connectivity index (χ4n) is 1.43. The molecule has 0 aliphatic rings. The van der Waals surface area contributed by atoms with Crippen molar-refractivity contribution in [1.29, 1.82) is 0 Å². The third-order valence-corrected chi connectivity index (χ3v) is 2.12. The number of para-hydroxylation sites is 1. The van der Waals surface area contributed by atoms with Crippen LogP contribution in [0.15, 0.2) is 41.2 Å². The highest BCUT2D eigenvalue weighted by Crippen LogP contribution is 2.14. The van der Waals surface area contributed by atoms with Crippen LogP contribution in [0.25, 0.3) is 10.9 Å². The Morgan fingerprint density at radius 1 is 1.12 bits per heavy atom. The van der Waals surface area contributed by atoms with Gasteiger partial charge in [-0.25, -0.2) is 0 Å². The zero-order chi connectivity index (χ0) is 12.5. The molecular formula is C11H8F3NO2. The van der Waals surface area contributed by atoms with Crippen molar-refractivity contribution in [2.75, 3.05) is 6.61 Å². The minimum atomic E-state index is -4.48. The average Bonchev–Trinajstić information content (AvgIpc) is 2.26. The van der Waals surface area contributed by atoms with E-state index in [4.69, 9.17) is 0 Å². The highest BCUT2D eigenvalue weighted by Gasteiger charge is 2.29. The predicted molar refractivity (Wildman–Crippen MR) is 55.7 cm³/mol. The molecule has 2 rings (SSSR count). The highest BCUT2D eigenvalue weighted by atomic mass is 19.4. The van der Waals surface area contributed by atoms with Crippen LogP contribution in [-0.2, 0) is 0 Å². The summed E-state index contributed by atoms with van der Waals surface area (Å²) in [6, 6.07) is 9.25. The van der Waals surface area contributed by atoms with Crippen molar-refractivity contribution >= 4 is 10.9 Å². The lowest BCUT2D eigenvalue weighted by molar-refractivity contribution is -0.174. The molecule has 0 aliphatic heterocycles. The minimum Gasteiger partial charge on any atom is -0.401 e. The maximum absolute atomic E-state index is 12.0. The van der Waals surface area contributed by atoms with Crippen LogP contribution in [0.4, 0.5) is 13.2 Å². The Hall–Kier alpha value is -1.98. The van der Waals surface area contributed by atoms with E-state index in [0.29, 0.717) is 15.6 Å². The summed E-state index contributed by atoms with van der Waals surface area (Å²) in [5.41, 5.74) is -0.322. The van der Waals surface area contributed by atoms with Crippen molar-refractivity contribution in [2.24, 2.45) is 0 Å². The van der Waals surface area contributed by atoms with Gasteiger partial charge in [-0.2, -0.15) is 13.2 Å². The van der Waals surface area contributed by atoms with E-state index in [1.807, 2.05) is 0 Å². The summed E-state index contributed by atoms with van der Waals surface area (Å²) in [6.07, 6.45) is -4.48. The van der Waals surface area contributed by atoms with Gasteiger partial charge in [-0.15, -0.1) is 4.73 Å². The lowest BCUT2D eigenvalue weighted by Gasteiger charge is -2.12. The number of hydrogen-bond acceptors (Lipinski definition) is 2. The maximum Gasteiger partial charge on any atom is 0.425 e. The minimum absolute atomic E-state index is 0.309. The Balaban J connectivity index is 2.45. The number of pyridine rings is 1. The van der Waals surface area contributed by atoms with Gasteiger partial charge in [0.15, 0.2) is 0 Å². The predicted octanol–water partition coefficient (Wildman–Crippen LogP) is 1.99. The molecule has 0 spiro atoms. The Bertz CT molecular complexity index is 589. The second-order valence-electron chi connectivity index (χ2n) is 3.41. The average molecular weight is 243 g/mol. The summed E-state index contributed by atoms with van der Waals surface area (Å²) in [5.74, 6) is 0. The van der Waals surface area contributed by atoms with Crippen LogP contribution < -0.4 is 10.4 Å². The molecule has 1 heterocycles. The van der Waals surface area contributed by atoms with Gasteiger partial charge >= 0.3 is 6.18 Å². The molecule has 90 valence electrons. The normalized spacial score (nSPS) is 11.7. The first-order valence-electron chi connectivity index (χ1n) is 4.78. The highest BCUT2D eigenvalue weighted by molar-refractivity contribution is 5.78. The molecule has 0 fully saturated rings. The Labute approximate surface area is 94.0 Å². The van der Waals surface area contributed by atoms with E-state index in [2.05, 4.69) is 4.84 Å². The van der Waals surface area contributed by atoms with Crippen molar-refractivity contribution < 1.29 is 18.0 Å². The first-order valence-corrected chi connectivity index (χ1v) is 4.78. The van der Waals surface area contributed by atoms with E-state index in [1.165, 1.54) is 18.2 Å². The molecule has 0 N–H and O–H groups in total. The van der Waals surface area contributed by atoms with Crippen LogP contribution in [0.2, 0.25) is 0 Å². The number of rotatable bonds is 2. The topological polar surface area (TPSA) is 31.2 Å². The van der Waals surface area contributed by atoms with Gasteiger partial charge in [-0.3, -0.25) is 4.79 Å². The molecule has 0 saturated heterocycles. The van der Waals surface area contributed by atoms with Gasteiger partial charge in [-0.05, 0) is 12.1 Å². The number of alkyl halides is 3. The molecule has 0 radical (unpaired) electrons. The summed E-state index contributed by atoms with van der Waals surface area (Å²) in [6.45, 7) is -1.50. The molecule has 2 aromatic rings. The van der Waals surface area contributed by atoms with Gasteiger partial charge in [0.1, 0.15) is 0 Å². The standard InChI is InChI=1S/C11H8F3NO2/c12-11(13,14)7-17-15-9-4-2-1-3-8(9)5-6-10(15)16/h1-6H,7H2. The molecule has 0 amide bonds. The molecule has 0 atom stereocenters. The number of fused-ring (bicyclic) bond motifs is 1. The number of aromatic nitrogens is 1. The SMILES string of the molecule is O=c1ccc2ccccc2n1OCC(F)(F)F. The van der Waals surface area contributed by atoms with Gasteiger partial charge in [0.05, 0.1) is 5.52 Å². The van der Waals surface area contributed by atoms with Crippen molar-refractivity contribution in [2.45, 2.75) is 6.18 Å². The van der Waals surface area contributed by atoms with Crippen molar-refractivity contribution in [3.05, 3.63) is 46.8 Å². The lowest BCUT2D eigenvalue weighted by atomic mass is 10.2. The Morgan fingerprint density at radius 3 is 2.53 bits per heavy atom. The van der Waals surface area contributed by atoms with Gasteiger partial charge in [0.25, 0.3) is 5.56 Å². The lowest BCUT2D eigenvalue weighted by Crippen LogP contribution is -2.32. The molecule has 0 bridgehead atoms. The molecule has 1 aromatic heterocycles. The smallest absolute Gasteiger partial charge is 0.401 e. The van der Waals surface area contributed by atoms with E-state index >= 15 is 0 Å². The summed E-state index contributed by atoms with van der Waals surface area (Å²) in [5, 5.41) is 0.634. The molecule has 17 heavy (non-hydrogen) atoms. The number of benzene rings is 1. The van der Waals surface area contributed by atoms with E-state index in [1.54, 1.807) is 18.2 Å². The quantitative estimate of drug-likeness (QED) is 0.807. The molecule has 3 nitrogen and oxygen atoms in total. The molecule has 0 saturated carbocycles. The van der Waals surface area contributed by atoms with Crippen LogP contribution in [0.5, 0.6) is 0 Å². The second kappa shape index (κ2) is 4.12. The van der Waals surface area contributed by atoms with Crippen LogP contribution in [0.1, 0.15) is 0 Å². The van der Waals surface area contributed by atoms with Gasteiger partial charge < -0.3 is 4.84 Å². The summed E-state index contributed by atoms with van der Waals surface area (Å²) >= 11 is 0. The van der Waals surface area contributed by atoms with Crippen molar-refractivity contribution in [3.8, 4) is 0 Å². The second-order valence-corrected chi connectivity index (χ2v) is 3.41. The largest absolute Gasteiger partial charge is 0.425 e. The molecule has 1 aromatic carbocycles. The zero-order valence-corrected chi connectivity index (χ0v) is 8.57.